The van der Waals surface area contributed by atoms with Gasteiger partial charge in [-0.2, -0.15) is 13.2 Å². The molecule has 0 radical (unpaired) electrons. The second-order valence-electron chi connectivity index (χ2n) is 8.75. The van der Waals surface area contributed by atoms with E-state index in [9.17, 15) is 33.0 Å². The van der Waals surface area contributed by atoms with Gasteiger partial charge in [0.05, 0.1) is 39.0 Å². The van der Waals surface area contributed by atoms with Crippen molar-refractivity contribution in [3.63, 3.8) is 0 Å². The van der Waals surface area contributed by atoms with Crippen molar-refractivity contribution >= 4 is 46.2 Å². The van der Waals surface area contributed by atoms with E-state index in [2.05, 4.69) is 10.3 Å². The van der Waals surface area contributed by atoms with E-state index in [1.807, 2.05) is 0 Å². The van der Waals surface area contributed by atoms with Gasteiger partial charge in [0, 0.05) is 6.07 Å². The summed E-state index contributed by atoms with van der Waals surface area (Å²) in [5, 5.41) is 23.5. The molecule has 0 spiro atoms. The van der Waals surface area contributed by atoms with Crippen LogP contribution in [0.25, 0.3) is 11.1 Å². The summed E-state index contributed by atoms with van der Waals surface area (Å²) in [5.74, 6) is -2.71. The van der Waals surface area contributed by atoms with Gasteiger partial charge in [-0.3, -0.25) is 4.79 Å². The van der Waals surface area contributed by atoms with Crippen LogP contribution in [0.15, 0.2) is 42.5 Å². The summed E-state index contributed by atoms with van der Waals surface area (Å²) in [6.45, 7) is 0.0334. The Morgan fingerprint density at radius 2 is 1.84 bits per heavy atom. The lowest BCUT2D eigenvalue weighted by molar-refractivity contribution is -0.154. The predicted octanol–water partition coefficient (Wildman–Crippen LogP) is 5.93. The number of carboxylic acid groups (broad SMARTS) is 1. The van der Waals surface area contributed by atoms with Gasteiger partial charge in [-0.1, -0.05) is 48.2 Å². The number of aromatic nitrogens is 1. The van der Waals surface area contributed by atoms with E-state index >= 15 is 0 Å². The maximum absolute atomic E-state index is 13.1. The molecule has 0 saturated heterocycles. The highest BCUT2D eigenvalue weighted by molar-refractivity contribution is 6.42. The molecule has 1 fully saturated rings. The summed E-state index contributed by atoms with van der Waals surface area (Å²) >= 11 is 12.0. The lowest BCUT2D eigenvalue weighted by atomic mass is 9.92. The minimum atomic E-state index is -4.65. The van der Waals surface area contributed by atoms with Crippen LogP contribution in [0, 0.1) is 0 Å². The highest BCUT2D eigenvalue weighted by Gasteiger charge is 2.30. The van der Waals surface area contributed by atoms with E-state index in [0.29, 0.717) is 34.0 Å². The van der Waals surface area contributed by atoms with Gasteiger partial charge < -0.3 is 20.3 Å². The van der Waals surface area contributed by atoms with E-state index < -0.39 is 54.0 Å². The van der Waals surface area contributed by atoms with E-state index in [-0.39, 0.29) is 5.56 Å². The van der Waals surface area contributed by atoms with Gasteiger partial charge >= 0.3 is 12.1 Å². The Kier molecular flexibility index (Phi) is 9.81. The van der Waals surface area contributed by atoms with Gasteiger partial charge in [0.1, 0.15) is 0 Å². The molecule has 0 unspecified atom stereocenters. The van der Waals surface area contributed by atoms with Gasteiger partial charge in [0.15, 0.2) is 6.61 Å². The summed E-state index contributed by atoms with van der Waals surface area (Å²) in [7, 11) is 0. The minimum Gasteiger partial charge on any atom is -0.478 e. The number of alkyl halides is 3. The topological polar surface area (TPSA) is 109 Å². The molecule has 2 atom stereocenters. The third kappa shape index (κ3) is 7.96. The number of nitrogens with zero attached hydrogens (tertiary/aromatic N) is 1. The summed E-state index contributed by atoms with van der Waals surface area (Å²) in [5.41, 5.74) is 0.175. The molecule has 7 nitrogen and oxygen atoms in total. The normalized spacial score (nSPS) is 18.7. The summed E-state index contributed by atoms with van der Waals surface area (Å²) in [6.07, 6.45) is -0.180. The highest BCUT2D eigenvalue weighted by atomic mass is 35.5. The Bertz CT molecular complexity index is 1260. The number of aliphatic hydroxyl groups excluding tert-OH is 1. The first-order valence-electron chi connectivity index (χ1n) is 11.6. The highest BCUT2D eigenvalue weighted by Crippen LogP contribution is 2.28. The molecule has 1 aromatic heterocycles. The molecule has 3 N–H and O–H groups in total. The van der Waals surface area contributed by atoms with Crippen LogP contribution < -0.4 is 10.1 Å². The molecule has 0 aliphatic heterocycles. The molecule has 0 bridgehead atoms. The number of rotatable bonds is 8. The summed E-state index contributed by atoms with van der Waals surface area (Å²) in [4.78, 5) is 29.3. The van der Waals surface area contributed by atoms with Gasteiger partial charge in [-0.05, 0) is 55.2 Å². The molecule has 38 heavy (non-hydrogen) atoms. The van der Waals surface area contributed by atoms with Crippen LogP contribution in [0.1, 0.15) is 54.2 Å². The van der Waals surface area contributed by atoms with Gasteiger partial charge in [-0.15, -0.1) is 0 Å². The number of amides is 1. The van der Waals surface area contributed by atoms with Gasteiger partial charge in [-0.25, -0.2) is 9.78 Å². The molecule has 12 heteroatoms. The minimum absolute atomic E-state index is 0.198. The number of carbonyl (C=O) groups is 2. The van der Waals surface area contributed by atoms with Crippen molar-refractivity contribution in [3.8, 4) is 5.88 Å². The first-order chi connectivity index (χ1) is 17.9. The van der Waals surface area contributed by atoms with Crippen molar-refractivity contribution in [2.24, 2.45) is 0 Å². The monoisotopic (exact) mass is 572 g/mol. The smallest absolute Gasteiger partial charge is 0.422 e. The molecule has 2 aromatic rings. The Labute approximate surface area is 226 Å². The average Bonchev–Trinajstić information content (AvgIpc) is 2.85. The molecule has 1 aromatic carbocycles. The Balaban J connectivity index is 2.03. The zero-order valence-electron chi connectivity index (χ0n) is 20.2. The van der Waals surface area contributed by atoms with Crippen LogP contribution in [-0.4, -0.2) is 52.0 Å². The number of hydrogen-bond acceptors (Lipinski definition) is 5. The maximum atomic E-state index is 13.1. The van der Waals surface area contributed by atoms with Crippen LogP contribution in [0.3, 0.4) is 0 Å². The Morgan fingerprint density at radius 3 is 2.47 bits per heavy atom. The first kappa shape index (κ1) is 29.5. The van der Waals surface area contributed by atoms with Crippen molar-refractivity contribution < 1.29 is 37.7 Å². The number of aliphatic hydroxyl groups is 1. The van der Waals surface area contributed by atoms with Gasteiger partial charge in [0.2, 0.25) is 5.88 Å². The van der Waals surface area contributed by atoms with Crippen LogP contribution in [0.2, 0.25) is 10.0 Å². The fourth-order valence-electron chi connectivity index (χ4n) is 3.89. The van der Waals surface area contributed by atoms with Crippen molar-refractivity contribution in [3.05, 3.63) is 69.3 Å². The number of aliphatic carboxylic acids is 1. The Hall–Kier alpha value is -3.08. The molecule has 1 aliphatic rings. The molecule has 1 aliphatic carbocycles. The third-order valence-corrected chi connectivity index (χ3v) is 6.64. The number of nitrogens with one attached hydrogen (secondary N) is 1. The van der Waals surface area contributed by atoms with Gasteiger partial charge in [0.25, 0.3) is 5.91 Å². The van der Waals surface area contributed by atoms with Crippen LogP contribution >= 0.6 is 23.2 Å². The van der Waals surface area contributed by atoms with Crippen molar-refractivity contribution in [1.29, 1.82) is 0 Å². The third-order valence-electron chi connectivity index (χ3n) is 5.90. The van der Waals surface area contributed by atoms with Crippen LogP contribution in [-0.2, 0) is 4.79 Å². The second kappa shape index (κ2) is 12.6. The lowest BCUT2D eigenvalue weighted by Gasteiger charge is -2.28. The Morgan fingerprint density at radius 1 is 1.13 bits per heavy atom. The number of carbonyl (C=O) groups excluding carboxylic acids is 1. The largest absolute Gasteiger partial charge is 0.478 e. The molecule has 204 valence electrons. The number of ether oxygens (including phenoxy) is 1. The van der Waals surface area contributed by atoms with E-state index in [0.717, 1.165) is 25.0 Å². The molecular weight excluding hydrogens is 548 g/mol. The number of benzene rings is 1. The van der Waals surface area contributed by atoms with E-state index in [1.165, 1.54) is 12.2 Å². The van der Waals surface area contributed by atoms with E-state index in [4.69, 9.17) is 27.9 Å². The quantitative estimate of drug-likeness (QED) is 0.267. The van der Waals surface area contributed by atoms with Crippen molar-refractivity contribution in [2.45, 2.75) is 50.9 Å². The zero-order valence-corrected chi connectivity index (χ0v) is 21.7. The molecule has 3 rings (SSSR count). The first-order valence-corrected chi connectivity index (χ1v) is 12.4. The van der Waals surface area contributed by atoms with E-state index in [1.54, 1.807) is 25.1 Å². The molecular formula is C26H25Cl2F3N2O5. The molecule has 1 amide bonds. The standard InChI is InChI=1S/C26H25Cl2F3N2O5/c1-14(15-7-10-18(27)19(28)12-15)6-8-17(25(36)37)23-16(9-11-22(33-23)38-13-26(29,30)31)24(35)32-20-4-2-3-5-21(20)34/h6-12,20-21,34H,2-5,13H2,1H3,(H,32,35)(H,36,37)/b14-6+,17-8+/t20-,21-/m1/s1. The molecule has 1 saturated carbocycles. The number of pyridine rings is 1. The summed E-state index contributed by atoms with van der Waals surface area (Å²) in [6, 6.07) is 6.47. The fourth-order valence-corrected chi connectivity index (χ4v) is 4.19. The molecule has 1 heterocycles. The van der Waals surface area contributed by atoms with Crippen LogP contribution in [0.4, 0.5) is 13.2 Å². The lowest BCUT2D eigenvalue weighted by Crippen LogP contribution is -2.45. The number of carboxylic acids is 1. The number of allylic oxidation sites excluding steroid dienone is 3. The fraction of sp³-hybridized carbons (Fsp3) is 0.346. The number of hydrogen-bond donors (Lipinski definition) is 3. The van der Waals surface area contributed by atoms with Crippen molar-refractivity contribution in [2.75, 3.05) is 6.61 Å². The number of halogens is 5. The average molecular weight is 573 g/mol. The SMILES string of the molecule is C/C(=C\C=C(\C(=O)O)c1nc(OCC(F)(F)F)ccc1C(=O)N[C@@H]1CCCC[C@H]1O)c1ccc(Cl)c(Cl)c1. The van der Waals surface area contributed by atoms with Crippen LogP contribution in [0.5, 0.6) is 5.88 Å². The maximum Gasteiger partial charge on any atom is 0.422 e. The van der Waals surface area contributed by atoms with Crippen molar-refractivity contribution in [1.82, 2.24) is 10.3 Å². The summed E-state index contributed by atoms with van der Waals surface area (Å²) < 4.78 is 42.7. The predicted molar refractivity (Wildman–Crippen MR) is 137 cm³/mol. The second-order valence-corrected chi connectivity index (χ2v) is 9.56. The zero-order chi connectivity index (χ0) is 28.0.